The van der Waals surface area contributed by atoms with E-state index in [-0.39, 0.29) is 0 Å². The van der Waals surface area contributed by atoms with Crippen molar-refractivity contribution < 1.29 is 0 Å². The molecule has 0 aliphatic rings. The quantitative estimate of drug-likeness (QED) is 0.451. The fraction of sp³-hybridized carbons (Fsp3) is 0.706. The first-order chi connectivity index (χ1) is 8.93. The molecule has 0 amide bonds. The minimum absolute atomic E-state index is 1.26. The van der Waals surface area contributed by atoms with Crippen molar-refractivity contribution in [2.45, 2.75) is 77.6 Å². The predicted octanol–water partition coefficient (Wildman–Crippen LogP) is 5.49. The van der Waals surface area contributed by atoms with E-state index in [4.69, 9.17) is 0 Å². The monoisotopic (exact) mass is 244 g/mol. The van der Waals surface area contributed by atoms with Crippen LogP contribution in [0.25, 0.3) is 0 Å². The average molecular weight is 244 g/mol. The number of rotatable bonds is 11. The van der Waals surface area contributed by atoms with E-state index in [1.807, 2.05) is 0 Å². The third-order valence-electron chi connectivity index (χ3n) is 3.66. The number of hydrogen-bond donors (Lipinski definition) is 0. The first-order valence-corrected chi connectivity index (χ1v) is 7.97. The van der Waals surface area contributed by atoms with Gasteiger partial charge in [-0.05, 0) is 0 Å². The van der Waals surface area contributed by atoms with Crippen LogP contribution < -0.4 is 0 Å². The van der Waals surface area contributed by atoms with Crippen molar-refractivity contribution in [3.05, 3.63) is 29.6 Å². The summed E-state index contributed by atoms with van der Waals surface area (Å²) in [7, 11) is 0. The van der Waals surface area contributed by atoms with Gasteiger partial charge in [-0.2, -0.15) is 0 Å². The molecule has 0 atom stereocenters. The second-order valence-electron chi connectivity index (χ2n) is 5.42. The fourth-order valence-electron chi connectivity index (χ4n) is 2.46. The first-order valence-electron chi connectivity index (χ1n) is 7.97. The Hall–Kier alpha value is -0.585. The van der Waals surface area contributed by atoms with Crippen molar-refractivity contribution in [1.82, 2.24) is 0 Å². The predicted molar refractivity (Wildman–Crippen MR) is 83.3 cm³/mol. The number of unbranched alkanes of at least 4 members (excludes halogenated alkanes) is 9. The summed E-state index contributed by atoms with van der Waals surface area (Å²) in [6, 6.07) is 6.49. The van der Waals surface area contributed by atoms with Gasteiger partial charge in [0.2, 0.25) is 0 Å². The van der Waals surface area contributed by atoms with Crippen LogP contribution in [-0.2, 0) is 6.42 Å². The van der Waals surface area contributed by atoms with Crippen LogP contribution in [-0.4, -0.2) is 6.91 Å². The second-order valence-corrected chi connectivity index (χ2v) is 5.42. The number of aryl methyl sites for hydroxylation is 1. The first kappa shape index (κ1) is 15.5. The van der Waals surface area contributed by atoms with E-state index in [1.165, 1.54) is 76.1 Å². The Morgan fingerprint density at radius 3 is 1.94 bits per heavy atom. The van der Waals surface area contributed by atoms with E-state index in [9.17, 15) is 0 Å². The van der Waals surface area contributed by atoms with Gasteiger partial charge in [0, 0.05) is 0 Å². The molecular weight excluding hydrogens is 215 g/mol. The zero-order valence-corrected chi connectivity index (χ0v) is 12.2. The maximum atomic E-state index is 2.28. The third kappa shape index (κ3) is 8.50. The topological polar surface area (TPSA) is 0 Å². The molecule has 0 aliphatic heterocycles. The summed E-state index contributed by atoms with van der Waals surface area (Å²) in [6.45, 7) is 4.53. The van der Waals surface area contributed by atoms with E-state index in [0.717, 1.165) is 0 Å². The van der Waals surface area contributed by atoms with Gasteiger partial charge in [0.25, 0.3) is 0 Å². The standard InChI is InChI=1S/C17H29B/c1-2-3-4-5-6-7-8-9-10-11-14-17-15-12-13-16-18-17/h12-13,15-16H,2-11,14H2,1H3. The molecule has 1 heterocycles. The molecule has 1 heteroatoms. The minimum atomic E-state index is 1.26. The van der Waals surface area contributed by atoms with E-state index in [0.29, 0.717) is 0 Å². The molecule has 100 valence electrons. The Morgan fingerprint density at radius 1 is 0.778 bits per heavy atom. The van der Waals surface area contributed by atoms with Crippen LogP contribution in [0.5, 0.6) is 0 Å². The normalized spacial score (nSPS) is 10.5. The molecule has 0 N–H and O–H groups in total. The van der Waals surface area contributed by atoms with Gasteiger partial charge in [-0.15, -0.1) is 0 Å². The van der Waals surface area contributed by atoms with Crippen LogP contribution in [0.3, 0.4) is 0 Å². The fourth-order valence-corrected chi connectivity index (χ4v) is 2.46. The SMILES string of the molecule is CCCCCCCCCCCCc1bcccc1. The molecule has 1 aromatic heterocycles. The summed E-state index contributed by atoms with van der Waals surface area (Å²) >= 11 is 0. The molecule has 0 fully saturated rings. The third-order valence-corrected chi connectivity index (χ3v) is 3.66. The van der Waals surface area contributed by atoms with Crippen LogP contribution >= 0.6 is 0 Å². The Morgan fingerprint density at radius 2 is 1.39 bits per heavy atom. The van der Waals surface area contributed by atoms with Gasteiger partial charge in [-0.1, -0.05) is 6.92 Å². The molecule has 0 bridgehead atoms. The van der Waals surface area contributed by atoms with E-state index in [2.05, 4.69) is 38.0 Å². The maximum absolute atomic E-state index is 2.28. The van der Waals surface area contributed by atoms with Crippen LogP contribution in [0, 0.1) is 0 Å². The summed E-state index contributed by atoms with van der Waals surface area (Å²) in [5.41, 5.74) is 1.50. The molecular formula is C17H29B. The molecule has 18 heavy (non-hydrogen) atoms. The molecule has 0 aliphatic carbocycles. The molecule has 0 aromatic carbocycles. The van der Waals surface area contributed by atoms with Crippen LogP contribution in [0.4, 0.5) is 0 Å². The average Bonchev–Trinajstić information content (AvgIpc) is 2.42. The molecule has 0 unspecified atom stereocenters. The second kappa shape index (κ2) is 11.5. The van der Waals surface area contributed by atoms with Crippen molar-refractivity contribution >= 4 is 6.91 Å². The summed E-state index contributed by atoms with van der Waals surface area (Å²) in [5.74, 6) is 2.14. The van der Waals surface area contributed by atoms with Gasteiger partial charge in [0.15, 0.2) is 0 Å². The Bertz CT molecular complexity index is 268. The summed E-state index contributed by atoms with van der Waals surface area (Å²) in [6.07, 6.45) is 15.5. The van der Waals surface area contributed by atoms with Gasteiger partial charge >= 0.3 is 107 Å². The Labute approximate surface area is 114 Å². The van der Waals surface area contributed by atoms with Gasteiger partial charge in [-0.3, -0.25) is 0 Å². The van der Waals surface area contributed by atoms with Crippen LogP contribution in [0.15, 0.2) is 24.2 Å². The van der Waals surface area contributed by atoms with Crippen molar-refractivity contribution in [3.63, 3.8) is 0 Å². The zero-order chi connectivity index (χ0) is 12.9. The Balaban J connectivity index is 1.82. The van der Waals surface area contributed by atoms with Gasteiger partial charge in [0.1, 0.15) is 0 Å². The van der Waals surface area contributed by atoms with Crippen LogP contribution in [0.1, 0.15) is 76.6 Å². The van der Waals surface area contributed by atoms with Gasteiger partial charge in [-0.25, -0.2) is 0 Å². The van der Waals surface area contributed by atoms with Gasteiger partial charge in [0.05, 0.1) is 0 Å². The number of hydrogen-bond acceptors (Lipinski definition) is 0. The zero-order valence-electron chi connectivity index (χ0n) is 12.2. The molecule has 0 spiro atoms. The van der Waals surface area contributed by atoms with Crippen molar-refractivity contribution in [2.24, 2.45) is 0 Å². The van der Waals surface area contributed by atoms with E-state index >= 15 is 0 Å². The molecule has 0 nitrogen and oxygen atoms in total. The summed E-state index contributed by atoms with van der Waals surface area (Å²) in [5, 5.41) is 0. The molecule has 1 rings (SSSR count). The van der Waals surface area contributed by atoms with Crippen molar-refractivity contribution in [1.29, 1.82) is 0 Å². The summed E-state index contributed by atoms with van der Waals surface area (Å²) in [4.78, 5) is 0. The Kier molecular flexibility index (Phi) is 9.89. The van der Waals surface area contributed by atoms with E-state index in [1.54, 1.807) is 0 Å². The molecule has 0 radical (unpaired) electrons. The summed E-state index contributed by atoms with van der Waals surface area (Å²) < 4.78 is 0. The van der Waals surface area contributed by atoms with Crippen molar-refractivity contribution in [2.75, 3.05) is 0 Å². The van der Waals surface area contributed by atoms with Crippen molar-refractivity contribution in [3.8, 4) is 0 Å². The van der Waals surface area contributed by atoms with E-state index < -0.39 is 0 Å². The molecule has 0 saturated heterocycles. The van der Waals surface area contributed by atoms with Crippen LogP contribution in [0.2, 0.25) is 0 Å². The molecule has 0 saturated carbocycles. The van der Waals surface area contributed by atoms with Gasteiger partial charge < -0.3 is 0 Å². The molecule has 1 aromatic rings.